The Balaban J connectivity index is 1.62. The molecule has 0 radical (unpaired) electrons. The first-order chi connectivity index (χ1) is 18.3. The van der Waals surface area contributed by atoms with Gasteiger partial charge in [0, 0.05) is 18.2 Å². The van der Waals surface area contributed by atoms with Crippen molar-refractivity contribution in [1.29, 1.82) is 0 Å². The van der Waals surface area contributed by atoms with Crippen molar-refractivity contribution >= 4 is 11.6 Å². The van der Waals surface area contributed by atoms with E-state index in [1.54, 1.807) is 39.2 Å². The van der Waals surface area contributed by atoms with Crippen LogP contribution in [0, 0.1) is 5.41 Å². The predicted octanol–water partition coefficient (Wildman–Crippen LogP) is 5.80. The van der Waals surface area contributed by atoms with E-state index in [0.29, 0.717) is 35.8 Å². The fourth-order valence-corrected chi connectivity index (χ4v) is 4.02. The molecule has 2 aromatic carbocycles. The zero-order valence-corrected chi connectivity index (χ0v) is 21.5. The Kier molecular flexibility index (Phi) is 6.87. The van der Waals surface area contributed by atoms with Gasteiger partial charge in [-0.2, -0.15) is 0 Å². The maximum absolute atomic E-state index is 12.4. The minimum atomic E-state index is -0.654. The van der Waals surface area contributed by atoms with Gasteiger partial charge in [0.2, 0.25) is 12.7 Å². The number of nitrogens with zero attached hydrogens (tertiary/aromatic N) is 3. The largest absolute Gasteiger partial charge is 0.508 e. The summed E-state index contributed by atoms with van der Waals surface area (Å²) in [5, 5.41) is 9.79. The number of imidazole rings is 1. The van der Waals surface area contributed by atoms with Gasteiger partial charge in [0.05, 0.1) is 29.5 Å². The van der Waals surface area contributed by atoms with Crippen LogP contribution in [-0.4, -0.2) is 32.2 Å². The molecule has 8 heteroatoms. The minimum absolute atomic E-state index is 0.174. The normalized spacial score (nSPS) is 11.6. The number of aromatic nitrogens is 3. The lowest BCUT2D eigenvalue weighted by Gasteiger charge is -2.17. The van der Waals surface area contributed by atoms with E-state index in [9.17, 15) is 9.90 Å². The fourth-order valence-electron chi connectivity index (χ4n) is 4.02. The number of rotatable bonds is 8. The molecule has 38 heavy (non-hydrogen) atoms. The molecule has 194 valence electrons. The Morgan fingerprint density at radius 2 is 1.71 bits per heavy atom. The molecule has 0 aliphatic carbocycles. The minimum Gasteiger partial charge on any atom is -0.508 e. The number of fused-ring (bicyclic) bond motifs is 1. The Bertz CT molecular complexity index is 1530. The molecule has 0 fully saturated rings. The second kappa shape index (κ2) is 10.4. The van der Waals surface area contributed by atoms with E-state index in [-0.39, 0.29) is 18.5 Å². The first kappa shape index (κ1) is 25.1. The van der Waals surface area contributed by atoms with Crippen LogP contribution < -0.4 is 4.74 Å². The number of ether oxygens (including phenoxy) is 2. The van der Waals surface area contributed by atoms with Crippen LogP contribution in [0.1, 0.15) is 43.5 Å². The summed E-state index contributed by atoms with van der Waals surface area (Å²) in [6.45, 7) is 5.10. The smallest absolute Gasteiger partial charge is 0.314 e. The lowest BCUT2D eigenvalue weighted by atomic mass is 9.98. The molecule has 3 aromatic heterocycles. The van der Waals surface area contributed by atoms with E-state index in [4.69, 9.17) is 23.9 Å². The Morgan fingerprint density at radius 1 is 0.947 bits per heavy atom. The van der Waals surface area contributed by atoms with Gasteiger partial charge >= 0.3 is 5.97 Å². The number of furan rings is 1. The molecule has 5 rings (SSSR count). The number of carbonyl (C=O) groups is 1. The third kappa shape index (κ3) is 5.54. The lowest BCUT2D eigenvalue weighted by molar-refractivity contribution is -0.159. The summed E-state index contributed by atoms with van der Waals surface area (Å²) in [6.07, 6.45) is 4.39. The molecule has 5 aromatic rings. The van der Waals surface area contributed by atoms with Gasteiger partial charge in [-0.05, 0) is 62.7 Å². The van der Waals surface area contributed by atoms with Crippen LogP contribution in [0.15, 0.2) is 83.6 Å². The highest BCUT2D eigenvalue weighted by Gasteiger charge is 2.25. The van der Waals surface area contributed by atoms with E-state index in [0.717, 1.165) is 22.6 Å². The van der Waals surface area contributed by atoms with Crippen LogP contribution in [0.25, 0.3) is 16.9 Å². The van der Waals surface area contributed by atoms with Gasteiger partial charge in [0.1, 0.15) is 17.2 Å². The number of esters is 1. The van der Waals surface area contributed by atoms with E-state index in [2.05, 4.69) is 0 Å². The number of carbonyl (C=O) groups excluding carboxylic acids is 1. The number of phenolic OH excluding ortho intramolecular Hbond substituents is 1. The lowest BCUT2D eigenvalue weighted by Crippen LogP contribution is -2.25. The highest BCUT2D eigenvalue weighted by molar-refractivity contribution is 5.75. The van der Waals surface area contributed by atoms with Crippen LogP contribution in [0.5, 0.6) is 11.6 Å². The highest BCUT2D eigenvalue weighted by Crippen LogP contribution is 2.30. The molecule has 0 saturated carbocycles. The van der Waals surface area contributed by atoms with Crippen LogP contribution in [-0.2, 0) is 22.4 Å². The van der Waals surface area contributed by atoms with Gasteiger partial charge in [-0.15, -0.1) is 0 Å². The van der Waals surface area contributed by atoms with Crippen molar-refractivity contribution in [2.45, 2.75) is 33.6 Å². The second-order valence-corrected chi connectivity index (χ2v) is 10.0. The first-order valence-electron chi connectivity index (χ1n) is 12.3. The van der Waals surface area contributed by atoms with Crippen LogP contribution in [0.4, 0.5) is 0 Å². The summed E-state index contributed by atoms with van der Waals surface area (Å²) in [5.74, 6) is 0.971. The SMILES string of the molecule is CC(C)(C)C(=O)OCOc1c(Cc2ccco2)nc2c(Cc3ccccc3)nc(-c3ccc(O)cc3)cn12. The molecular formula is C30H29N3O5. The molecular weight excluding hydrogens is 482 g/mol. The van der Waals surface area contributed by atoms with E-state index >= 15 is 0 Å². The van der Waals surface area contributed by atoms with Crippen molar-refractivity contribution in [2.75, 3.05) is 6.79 Å². The number of phenols is 1. The summed E-state index contributed by atoms with van der Waals surface area (Å²) in [7, 11) is 0. The Morgan fingerprint density at radius 3 is 2.39 bits per heavy atom. The maximum atomic E-state index is 12.4. The predicted molar refractivity (Wildman–Crippen MR) is 142 cm³/mol. The number of hydrogen-bond acceptors (Lipinski definition) is 7. The quantitative estimate of drug-likeness (QED) is 0.208. The van der Waals surface area contributed by atoms with Crippen molar-refractivity contribution in [3.8, 4) is 22.9 Å². The summed E-state index contributed by atoms with van der Waals surface area (Å²) < 4.78 is 18.9. The maximum Gasteiger partial charge on any atom is 0.314 e. The first-order valence-corrected chi connectivity index (χ1v) is 12.3. The van der Waals surface area contributed by atoms with Gasteiger partial charge in [-0.1, -0.05) is 30.3 Å². The average molecular weight is 512 g/mol. The monoisotopic (exact) mass is 511 g/mol. The van der Waals surface area contributed by atoms with E-state index < -0.39 is 5.41 Å². The molecule has 0 aliphatic heterocycles. The number of benzene rings is 2. The molecule has 0 atom stereocenters. The van der Waals surface area contributed by atoms with Gasteiger partial charge in [0.25, 0.3) is 0 Å². The molecule has 0 aliphatic rings. The summed E-state index contributed by atoms with van der Waals surface area (Å²) in [6, 6.07) is 20.6. The van der Waals surface area contributed by atoms with Crippen molar-refractivity contribution in [3.63, 3.8) is 0 Å². The van der Waals surface area contributed by atoms with Crippen molar-refractivity contribution in [1.82, 2.24) is 14.4 Å². The molecule has 0 saturated heterocycles. The van der Waals surface area contributed by atoms with Crippen molar-refractivity contribution < 1.29 is 23.8 Å². The van der Waals surface area contributed by atoms with E-state index in [1.807, 2.05) is 65.2 Å². The van der Waals surface area contributed by atoms with Gasteiger partial charge in [0.15, 0.2) is 5.65 Å². The fraction of sp³-hybridized carbons (Fsp3) is 0.233. The van der Waals surface area contributed by atoms with E-state index in [1.165, 1.54) is 0 Å². The highest BCUT2D eigenvalue weighted by atomic mass is 16.7. The summed E-state index contributed by atoms with van der Waals surface area (Å²) >= 11 is 0. The Labute approximate surface area is 220 Å². The van der Waals surface area contributed by atoms with Gasteiger partial charge < -0.3 is 19.0 Å². The summed E-state index contributed by atoms with van der Waals surface area (Å²) in [5.41, 5.74) is 3.96. The third-order valence-electron chi connectivity index (χ3n) is 6.00. The van der Waals surface area contributed by atoms with Crippen molar-refractivity contribution in [3.05, 3.63) is 102 Å². The third-order valence-corrected chi connectivity index (χ3v) is 6.00. The molecule has 8 nitrogen and oxygen atoms in total. The second-order valence-electron chi connectivity index (χ2n) is 10.0. The zero-order valence-electron chi connectivity index (χ0n) is 21.5. The van der Waals surface area contributed by atoms with Crippen LogP contribution >= 0.6 is 0 Å². The topological polar surface area (TPSA) is 99.1 Å². The molecule has 0 unspecified atom stereocenters. The standard InChI is InChI=1S/C30H29N3O5/c1-30(2,3)29(35)38-19-37-28-25(17-23-10-7-15-36-23)32-27-24(16-20-8-5-4-6-9-20)31-26(18-33(27)28)21-11-13-22(34)14-12-21/h4-15,18,34H,16-17,19H2,1-3H3. The van der Waals surface area contributed by atoms with Gasteiger partial charge in [-0.25, -0.2) is 9.97 Å². The zero-order chi connectivity index (χ0) is 26.7. The Hall–Kier alpha value is -4.59. The molecule has 0 spiro atoms. The van der Waals surface area contributed by atoms with Gasteiger partial charge in [-0.3, -0.25) is 9.20 Å². The van der Waals surface area contributed by atoms with Crippen molar-refractivity contribution in [2.24, 2.45) is 5.41 Å². The average Bonchev–Trinajstić information content (AvgIpc) is 3.53. The molecule has 3 heterocycles. The number of aromatic hydroxyl groups is 1. The molecule has 0 bridgehead atoms. The molecule has 0 amide bonds. The van der Waals surface area contributed by atoms with Crippen LogP contribution in [0.3, 0.4) is 0 Å². The number of hydrogen-bond donors (Lipinski definition) is 1. The molecule has 1 N–H and O–H groups in total. The van der Waals surface area contributed by atoms with Crippen LogP contribution in [0.2, 0.25) is 0 Å². The summed E-state index contributed by atoms with van der Waals surface area (Å²) in [4.78, 5) is 22.2.